The Balaban J connectivity index is 1.06. The second-order valence-corrected chi connectivity index (χ2v) is 20.7. The predicted octanol–water partition coefficient (Wildman–Crippen LogP) is 4.61. The number of rotatable bonds is 8. The minimum Gasteiger partial charge on any atom is -0.462 e. The lowest BCUT2D eigenvalue weighted by molar-refractivity contribution is -0.189. The molecule has 2 saturated carbocycles. The first-order chi connectivity index (χ1) is 30.3. The van der Waals surface area contributed by atoms with Gasteiger partial charge >= 0.3 is 5.97 Å². The molecule has 5 aliphatic heterocycles. The molecule has 5 fully saturated rings. The molecule has 63 heavy (non-hydrogen) atoms. The highest BCUT2D eigenvalue weighted by atomic mass is 32.2. The molecule has 2 amide bonds. The maximum Gasteiger partial charge on any atom is 0.355 e. The van der Waals surface area contributed by atoms with Gasteiger partial charge in [0.2, 0.25) is 11.6 Å². The van der Waals surface area contributed by atoms with Gasteiger partial charge in [0.25, 0.3) is 5.91 Å². The zero-order valence-electron chi connectivity index (χ0n) is 37.2. The fraction of sp³-hybridized carbons (Fsp3) is 0.638. The van der Waals surface area contributed by atoms with Crippen LogP contribution in [0.5, 0.6) is 0 Å². The molecule has 338 valence electrons. The second-order valence-electron chi connectivity index (χ2n) is 19.6. The molecule has 3 aromatic rings. The molecule has 1 aromatic carbocycles. The van der Waals surface area contributed by atoms with Gasteiger partial charge in [-0.25, -0.2) is 4.79 Å². The van der Waals surface area contributed by atoms with Crippen molar-refractivity contribution in [2.75, 3.05) is 70.3 Å². The molecule has 3 N–H and O–H groups in total. The second kappa shape index (κ2) is 16.7. The monoisotopic (exact) mass is 882 g/mol. The third kappa shape index (κ3) is 8.17. The van der Waals surface area contributed by atoms with E-state index < -0.39 is 29.1 Å². The van der Waals surface area contributed by atoms with Crippen LogP contribution in [0.15, 0.2) is 35.5 Å². The van der Waals surface area contributed by atoms with E-state index >= 15 is 0 Å². The molecule has 7 atom stereocenters. The summed E-state index contributed by atoms with van der Waals surface area (Å²) in [4.78, 5) is 57.4. The van der Waals surface area contributed by atoms with E-state index in [1.165, 1.54) is 17.9 Å². The van der Waals surface area contributed by atoms with Crippen molar-refractivity contribution in [1.82, 2.24) is 30.2 Å². The molecule has 0 radical (unpaired) electrons. The first kappa shape index (κ1) is 42.9. The van der Waals surface area contributed by atoms with Crippen LogP contribution in [0.3, 0.4) is 0 Å². The number of hydrogen-bond donors (Lipinski definition) is 3. The number of hydrazine groups is 1. The van der Waals surface area contributed by atoms with Gasteiger partial charge in [0, 0.05) is 98.8 Å². The summed E-state index contributed by atoms with van der Waals surface area (Å²) in [6, 6.07) is 8.60. The zero-order chi connectivity index (χ0) is 43.8. The molecule has 2 aromatic heterocycles. The van der Waals surface area contributed by atoms with Crippen molar-refractivity contribution in [2.45, 2.75) is 103 Å². The highest BCUT2D eigenvalue weighted by molar-refractivity contribution is 8.14. The van der Waals surface area contributed by atoms with Gasteiger partial charge in [-0.3, -0.25) is 29.5 Å². The van der Waals surface area contributed by atoms with E-state index in [2.05, 4.69) is 70.1 Å². The Labute approximate surface area is 373 Å². The maximum atomic E-state index is 14.3. The van der Waals surface area contributed by atoms with Crippen LogP contribution in [0.4, 0.5) is 5.69 Å². The van der Waals surface area contributed by atoms with E-state index in [0.717, 1.165) is 81.9 Å². The average molecular weight is 883 g/mol. The summed E-state index contributed by atoms with van der Waals surface area (Å²) in [7, 11) is 1.72. The number of pyridine rings is 1. The molecular formula is C47H62N8O7S. The molecule has 10 rings (SSSR count). The Morgan fingerprint density at radius 1 is 1.11 bits per heavy atom. The van der Waals surface area contributed by atoms with Crippen LogP contribution in [0.1, 0.15) is 88.8 Å². The Kier molecular flexibility index (Phi) is 11.4. The Morgan fingerprint density at radius 3 is 2.62 bits per heavy atom. The summed E-state index contributed by atoms with van der Waals surface area (Å²) >= 11 is 1.61. The summed E-state index contributed by atoms with van der Waals surface area (Å²) in [6.45, 7) is 14.4. The van der Waals surface area contributed by atoms with Crippen molar-refractivity contribution in [1.29, 1.82) is 0 Å². The number of methoxy groups -OCH3 is 1. The van der Waals surface area contributed by atoms with Gasteiger partial charge in [-0.15, -0.1) is 11.8 Å². The fourth-order valence-electron chi connectivity index (χ4n) is 10.7. The third-order valence-electron chi connectivity index (χ3n) is 14.6. The van der Waals surface area contributed by atoms with Gasteiger partial charge in [0.15, 0.2) is 0 Å². The summed E-state index contributed by atoms with van der Waals surface area (Å²) in [5.41, 5.74) is 7.45. The number of anilines is 1. The largest absolute Gasteiger partial charge is 0.462 e. The number of hydrogen-bond acceptors (Lipinski definition) is 13. The number of ether oxygens (including phenoxy) is 3. The fourth-order valence-corrected chi connectivity index (χ4v) is 11.8. The van der Waals surface area contributed by atoms with E-state index in [0.29, 0.717) is 38.4 Å². The average Bonchev–Trinajstić information content (AvgIpc) is 4.11. The minimum atomic E-state index is -2.13. The zero-order valence-corrected chi connectivity index (χ0v) is 38.0. The van der Waals surface area contributed by atoms with E-state index in [-0.39, 0.29) is 61.8 Å². The smallest absolute Gasteiger partial charge is 0.355 e. The predicted molar refractivity (Wildman–Crippen MR) is 241 cm³/mol. The van der Waals surface area contributed by atoms with Crippen molar-refractivity contribution < 1.29 is 33.7 Å². The van der Waals surface area contributed by atoms with E-state index in [1.54, 1.807) is 18.9 Å². The molecule has 0 spiro atoms. The lowest BCUT2D eigenvalue weighted by Gasteiger charge is -2.40. The van der Waals surface area contributed by atoms with Crippen molar-refractivity contribution in [3.8, 4) is 11.3 Å². The normalized spacial score (nSPS) is 30.4. The molecule has 16 heteroatoms. The Hall–Kier alpha value is -4.06. The summed E-state index contributed by atoms with van der Waals surface area (Å²) in [5.74, 6) is -0.586. The van der Waals surface area contributed by atoms with E-state index in [9.17, 15) is 19.5 Å². The van der Waals surface area contributed by atoms with E-state index in [1.807, 2.05) is 13.1 Å². The van der Waals surface area contributed by atoms with Crippen LogP contribution in [0, 0.1) is 23.2 Å². The minimum absolute atomic E-state index is 0.0195. The number of aryl methyl sites for hydroxylation is 1. The molecule has 15 nitrogen and oxygen atoms in total. The van der Waals surface area contributed by atoms with E-state index in [4.69, 9.17) is 24.2 Å². The Morgan fingerprint density at radius 2 is 1.89 bits per heavy atom. The quantitative estimate of drug-likeness (QED) is 0.270. The number of cyclic esters (lactones) is 1. The number of aliphatic imine (C=N–C) groups is 1. The number of carbonyl (C=O) groups excluding carboxylic acids is 3. The van der Waals surface area contributed by atoms with Crippen LogP contribution in [-0.4, -0.2) is 131 Å². The van der Waals surface area contributed by atoms with Gasteiger partial charge < -0.3 is 34.1 Å². The number of benzene rings is 1. The van der Waals surface area contributed by atoms with Gasteiger partial charge in [0.05, 0.1) is 60.3 Å². The maximum absolute atomic E-state index is 14.3. The van der Waals surface area contributed by atoms with Crippen LogP contribution in [-0.2, 0) is 41.6 Å². The van der Waals surface area contributed by atoms with Crippen molar-refractivity contribution >= 4 is 51.2 Å². The number of aromatic nitrogens is 2. The molecule has 2 aliphatic carbocycles. The number of nitrogens with zero attached hydrogens (tertiary/aromatic N) is 6. The lowest BCUT2D eigenvalue weighted by atomic mass is 9.84. The lowest BCUT2D eigenvalue weighted by Crippen LogP contribution is -2.67. The van der Waals surface area contributed by atoms with Crippen molar-refractivity contribution in [3.05, 3.63) is 47.3 Å². The van der Waals surface area contributed by atoms with Gasteiger partial charge in [-0.2, -0.15) is 5.43 Å². The van der Waals surface area contributed by atoms with Crippen LogP contribution in [0.25, 0.3) is 22.2 Å². The van der Waals surface area contributed by atoms with Crippen LogP contribution in [0.2, 0.25) is 0 Å². The van der Waals surface area contributed by atoms with Gasteiger partial charge in [0.1, 0.15) is 6.04 Å². The number of piperazine rings is 1. The first-order valence-electron chi connectivity index (χ1n) is 23.1. The molecule has 6 bridgehead atoms. The molecule has 1 unspecified atom stereocenters. The third-order valence-corrected chi connectivity index (χ3v) is 15.7. The molecule has 7 heterocycles. The van der Waals surface area contributed by atoms with Crippen molar-refractivity contribution in [3.63, 3.8) is 0 Å². The number of aliphatic hydroxyl groups is 1. The number of carbonyl (C=O) groups is 3. The molecule has 3 saturated heterocycles. The van der Waals surface area contributed by atoms with Gasteiger partial charge in [-0.05, 0) is 80.7 Å². The molecular weight excluding hydrogens is 821 g/mol. The number of amides is 2. The number of thioether (sulfide) groups is 1. The summed E-state index contributed by atoms with van der Waals surface area (Å²) in [6.07, 6.45) is 5.52. The van der Waals surface area contributed by atoms with Crippen LogP contribution < -0.4 is 15.6 Å². The number of esters is 1. The standard InChI is InChI=1S/C47H62N8O7S/c1-6-54-38-11-8-28-18-31(38)33(42(54)32-19-30(22-48-41(32)27(2)60-5)53-16-14-52(15-17-53)29-9-10-29)21-46(3,4)26-62-45(58)47(59)12-7-13-55(51-47)44(57)36(20-39-49-37(28)25-63-39)50-43(56)40-34-23-61-24-35(34)40/h8,11,18-19,22,27,29,34-37,40,51,59H,6-7,9-10,12-17,20-21,23-26H2,1-5H3,(H,50,56)/t27-,34-,35+,36-,37?,40+,47-/m0/s1. The summed E-state index contributed by atoms with van der Waals surface area (Å²) in [5, 5.41) is 18.0. The molecule has 7 aliphatic rings. The van der Waals surface area contributed by atoms with Crippen LogP contribution >= 0.6 is 11.8 Å². The van der Waals surface area contributed by atoms with Crippen molar-refractivity contribution in [2.24, 2.45) is 28.2 Å². The topological polar surface area (TPSA) is 163 Å². The highest BCUT2D eigenvalue weighted by Crippen LogP contribution is 2.51. The highest BCUT2D eigenvalue weighted by Gasteiger charge is 2.58. The number of nitrogens with one attached hydrogen (secondary N) is 2. The van der Waals surface area contributed by atoms with Gasteiger partial charge in [-0.1, -0.05) is 19.9 Å². The first-order valence-corrected chi connectivity index (χ1v) is 24.1. The SMILES string of the molecule is CCn1c(-c2cc(N3CCN(C4CC4)CC3)cnc2[C@H](C)OC)c2c3cc(ccc31)C1CSC(=N1)C[C@H](NC(=O)[C@H]1[C@@H]3COC[C@@H]31)C(=O)N1CCC[C@@](O)(N1)C(=O)OCC(C)(C)C2. The summed E-state index contributed by atoms with van der Waals surface area (Å²) < 4.78 is 19.9. The number of fused-ring (bicyclic) bond motifs is 6. The Bertz CT molecular complexity index is 2310.